The smallest absolute Gasteiger partial charge is 0.199 e. The molecule has 0 aliphatic heterocycles. The molecule has 4 rings (SSSR count). The van der Waals surface area contributed by atoms with Crippen molar-refractivity contribution in [2.45, 2.75) is 0 Å². The number of imidazole rings is 1. The van der Waals surface area contributed by atoms with Crippen LogP contribution in [0.4, 0.5) is 5.82 Å². The van der Waals surface area contributed by atoms with Gasteiger partial charge in [0.1, 0.15) is 10.6 Å². The van der Waals surface area contributed by atoms with Crippen LogP contribution >= 0.6 is 11.3 Å². The van der Waals surface area contributed by atoms with Crippen molar-refractivity contribution in [2.24, 2.45) is 7.05 Å². The quantitative estimate of drug-likeness (QED) is 0.616. The fourth-order valence-corrected chi connectivity index (χ4v) is 3.43. The lowest BCUT2D eigenvalue weighted by Crippen LogP contribution is -2.00. The summed E-state index contributed by atoms with van der Waals surface area (Å²) < 4.78 is 1.88. The Bertz CT molecular complexity index is 955. The monoisotopic (exact) mass is 307 g/mol. The molecule has 0 fully saturated rings. The van der Waals surface area contributed by atoms with Gasteiger partial charge in [-0.15, -0.1) is 11.3 Å². The van der Waals surface area contributed by atoms with Crippen molar-refractivity contribution in [3.8, 4) is 22.8 Å². The van der Waals surface area contributed by atoms with Crippen molar-refractivity contribution < 1.29 is 0 Å². The van der Waals surface area contributed by atoms with Crippen LogP contribution in [-0.2, 0) is 7.05 Å². The Hall–Kier alpha value is -2.73. The van der Waals surface area contributed by atoms with Crippen LogP contribution in [0.2, 0.25) is 0 Å². The highest BCUT2D eigenvalue weighted by Crippen LogP contribution is 2.36. The number of benzene rings is 1. The third-order valence-electron chi connectivity index (χ3n) is 3.57. The number of nitrogens with two attached hydrogens (primary N) is 1. The molecule has 2 N–H and O–H groups in total. The van der Waals surface area contributed by atoms with Gasteiger partial charge in [0.2, 0.25) is 0 Å². The zero-order valence-electron chi connectivity index (χ0n) is 11.9. The number of fused-ring (bicyclic) bond motifs is 1. The normalized spacial score (nSPS) is 11.1. The topological polar surface area (TPSA) is 69.6 Å². The molecular weight excluding hydrogens is 294 g/mol. The lowest BCUT2D eigenvalue weighted by molar-refractivity contribution is 0.910. The standard InChI is InChI=1S/C16H13N5S/c1-21-8-7-18-15(21)14-19-13(17)12-11(9-22-16(12)20-14)10-5-3-2-4-6-10/h2-9H,1H3,(H2,17,19,20). The highest BCUT2D eigenvalue weighted by Gasteiger charge is 2.15. The maximum atomic E-state index is 6.21. The van der Waals surface area contributed by atoms with Gasteiger partial charge in [-0.05, 0) is 5.56 Å². The second-order valence-corrected chi connectivity index (χ2v) is 5.85. The zero-order chi connectivity index (χ0) is 15.1. The van der Waals surface area contributed by atoms with Crippen LogP contribution in [0.15, 0.2) is 48.1 Å². The third-order valence-corrected chi connectivity index (χ3v) is 4.44. The number of nitrogen functional groups attached to an aromatic ring is 1. The Morgan fingerprint density at radius 2 is 1.95 bits per heavy atom. The molecule has 0 radical (unpaired) electrons. The summed E-state index contributed by atoms with van der Waals surface area (Å²) in [5.41, 5.74) is 8.41. The predicted octanol–water partition coefficient (Wildman–Crippen LogP) is 3.34. The van der Waals surface area contributed by atoms with Crippen LogP contribution in [0.25, 0.3) is 33.0 Å². The van der Waals surface area contributed by atoms with E-state index in [1.807, 2.05) is 36.0 Å². The minimum atomic E-state index is 0.489. The highest BCUT2D eigenvalue weighted by molar-refractivity contribution is 7.17. The Kier molecular flexibility index (Phi) is 2.90. The predicted molar refractivity (Wildman–Crippen MR) is 89.5 cm³/mol. The molecule has 1 aromatic carbocycles. The summed E-state index contributed by atoms with van der Waals surface area (Å²) in [6.45, 7) is 0. The molecule has 0 aliphatic rings. The zero-order valence-corrected chi connectivity index (χ0v) is 12.7. The number of nitrogens with zero attached hydrogens (tertiary/aromatic N) is 4. The number of thiophene rings is 1. The molecule has 0 atom stereocenters. The number of hydrogen-bond donors (Lipinski definition) is 1. The Labute approximate surface area is 131 Å². The van der Waals surface area contributed by atoms with E-state index in [9.17, 15) is 0 Å². The SMILES string of the molecule is Cn1ccnc1-c1nc(N)c2c(-c3ccccc3)csc2n1. The molecule has 6 heteroatoms. The lowest BCUT2D eigenvalue weighted by atomic mass is 10.1. The molecule has 0 saturated heterocycles. The van der Waals surface area contributed by atoms with Gasteiger partial charge in [-0.3, -0.25) is 0 Å². The Morgan fingerprint density at radius 1 is 1.14 bits per heavy atom. The van der Waals surface area contributed by atoms with E-state index in [0.717, 1.165) is 21.3 Å². The van der Waals surface area contributed by atoms with Crippen LogP contribution in [0.5, 0.6) is 0 Å². The maximum Gasteiger partial charge on any atom is 0.199 e. The van der Waals surface area contributed by atoms with Gasteiger partial charge in [-0.2, -0.15) is 0 Å². The second-order valence-electron chi connectivity index (χ2n) is 4.99. The molecular formula is C16H13N5S. The van der Waals surface area contributed by atoms with E-state index in [0.29, 0.717) is 17.5 Å². The van der Waals surface area contributed by atoms with Gasteiger partial charge in [-0.1, -0.05) is 30.3 Å². The second kappa shape index (κ2) is 4.92. The summed E-state index contributed by atoms with van der Waals surface area (Å²) in [5, 5.41) is 2.99. The minimum Gasteiger partial charge on any atom is -0.383 e. The Morgan fingerprint density at radius 3 is 2.68 bits per heavy atom. The van der Waals surface area contributed by atoms with Crippen molar-refractivity contribution in [1.29, 1.82) is 0 Å². The van der Waals surface area contributed by atoms with E-state index < -0.39 is 0 Å². The molecule has 3 aromatic heterocycles. The highest BCUT2D eigenvalue weighted by atomic mass is 32.1. The first-order valence-electron chi connectivity index (χ1n) is 6.82. The average molecular weight is 307 g/mol. The molecule has 0 unspecified atom stereocenters. The Balaban J connectivity index is 1.94. The summed E-state index contributed by atoms with van der Waals surface area (Å²) in [6.07, 6.45) is 3.59. The third kappa shape index (κ3) is 1.96. The molecule has 4 aromatic rings. The average Bonchev–Trinajstić information content (AvgIpc) is 3.14. The number of hydrogen-bond acceptors (Lipinski definition) is 5. The molecule has 3 heterocycles. The van der Waals surface area contributed by atoms with Gasteiger partial charge in [0.15, 0.2) is 11.6 Å². The van der Waals surface area contributed by atoms with Crippen LogP contribution in [0.3, 0.4) is 0 Å². The van der Waals surface area contributed by atoms with Gasteiger partial charge in [0, 0.05) is 30.4 Å². The first-order valence-corrected chi connectivity index (χ1v) is 7.70. The van der Waals surface area contributed by atoms with E-state index in [4.69, 9.17) is 5.73 Å². The number of aromatic nitrogens is 4. The minimum absolute atomic E-state index is 0.489. The summed E-state index contributed by atoms with van der Waals surface area (Å²) in [4.78, 5) is 14.2. The number of anilines is 1. The fourth-order valence-electron chi connectivity index (χ4n) is 2.48. The van der Waals surface area contributed by atoms with Crippen molar-refractivity contribution >= 4 is 27.4 Å². The van der Waals surface area contributed by atoms with Crippen molar-refractivity contribution in [2.75, 3.05) is 5.73 Å². The number of rotatable bonds is 2. The van der Waals surface area contributed by atoms with Crippen LogP contribution in [0.1, 0.15) is 0 Å². The number of aryl methyl sites for hydroxylation is 1. The fraction of sp³-hybridized carbons (Fsp3) is 0.0625. The summed E-state index contributed by atoms with van der Waals surface area (Å²) in [5.74, 6) is 1.75. The molecule has 0 amide bonds. The summed E-state index contributed by atoms with van der Waals surface area (Å²) in [6, 6.07) is 10.1. The van der Waals surface area contributed by atoms with Crippen LogP contribution < -0.4 is 5.73 Å². The molecule has 0 bridgehead atoms. The molecule has 5 nitrogen and oxygen atoms in total. The van der Waals surface area contributed by atoms with E-state index in [-0.39, 0.29) is 0 Å². The van der Waals surface area contributed by atoms with Crippen molar-refractivity contribution in [1.82, 2.24) is 19.5 Å². The lowest BCUT2D eigenvalue weighted by Gasteiger charge is -2.05. The van der Waals surface area contributed by atoms with E-state index in [1.54, 1.807) is 17.5 Å². The van der Waals surface area contributed by atoms with Gasteiger partial charge in [-0.25, -0.2) is 15.0 Å². The van der Waals surface area contributed by atoms with Gasteiger partial charge in [0.25, 0.3) is 0 Å². The van der Waals surface area contributed by atoms with Crippen LogP contribution in [0, 0.1) is 0 Å². The van der Waals surface area contributed by atoms with E-state index in [2.05, 4.69) is 32.5 Å². The summed E-state index contributed by atoms with van der Waals surface area (Å²) in [7, 11) is 1.91. The molecule has 0 saturated carbocycles. The van der Waals surface area contributed by atoms with Crippen LogP contribution in [-0.4, -0.2) is 19.5 Å². The maximum absolute atomic E-state index is 6.21. The van der Waals surface area contributed by atoms with Gasteiger partial charge < -0.3 is 10.3 Å². The van der Waals surface area contributed by atoms with Crippen molar-refractivity contribution in [3.05, 3.63) is 48.1 Å². The summed E-state index contributed by atoms with van der Waals surface area (Å²) >= 11 is 1.57. The van der Waals surface area contributed by atoms with Gasteiger partial charge >= 0.3 is 0 Å². The first-order chi connectivity index (χ1) is 10.7. The van der Waals surface area contributed by atoms with Gasteiger partial charge in [0.05, 0.1) is 5.39 Å². The van der Waals surface area contributed by atoms with Crippen molar-refractivity contribution in [3.63, 3.8) is 0 Å². The first kappa shape index (κ1) is 13.0. The largest absolute Gasteiger partial charge is 0.383 e. The molecule has 0 aliphatic carbocycles. The molecule has 22 heavy (non-hydrogen) atoms. The van der Waals surface area contributed by atoms with E-state index >= 15 is 0 Å². The molecule has 108 valence electrons. The molecule has 0 spiro atoms. The van der Waals surface area contributed by atoms with E-state index in [1.165, 1.54) is 0 Å².